The second-order valence-corrected chi connectivity index (χ2v) is 7.66. The molecular formula is C14H23ClN2O3S. The summed E-state index contributed by atoms with van der Waals surface area (Å²) < 4.78 is 27.3. The van der Waals surface area contributed by atoms with Crippen LogP contribution >= 0.6 is 11.6 Å². The molecule has 7 heteroatoms. The minimum Gasteiger partial charge on any atom is -0.383 e. The van der Waals surface area contributed by atoms with Crippen molar-refractivity contribution in [2.75, 3.05) is 50.8 Å². The van der Waals surface area contributed by atoms with Crippen LogP contribution in [0.25, 0.3) is 0 Å². The third-order valence-corrected chi connectivity index (χ3v) is 4.35. The molecule has 1 N–H and O–H groups in total. The van der Waals surface area contributed by atoms with Crippen LogP contribution in [-0.4, -0.2) is 54.3 Å². The minimum absolute atomic E-state index is 0.126. The van der Waals surface area contributed by atoms with Gasteiger partial charge in [-0.2, -0.15) is 0 Å². The number of rotatable bonds is 9. The van der Waals surface area contributed by atoms with Crippen LogP contribution in [0.5, 0.6) is 0 Å². The second kappa shape index (κ2) is 8.58. The second-order valence-electron chi connectivity index (χ2n) is 5.00. The van der Waals surface area contributed by atoms with Gasteiger partial charge in [-0.3, -0.25) is 0 Å². The first-order valence-corrected chi connectivity index (χ1v) is 9.14. The lowest BCUT2D eigenvalue weighted by molar-refractivity contribution is 0.199. The van der Waals surface area contributed by atoms with Gasteiger partial charge in [0.2, 0.25) is 0 Å². The van der Waals surface area contributed by atoms with Crippen molar-refractivity contribution < 1.29 is 13.2 Å². The molecule has 0 radical (unpaired) electrons. The number of sulfone groups is 1. The molecule has 0 heterocycles. The average Bonchev–Trinajstić information content (AvgIpc) is 2.41. The van der Waals surface area contributed by atoms with Crippen LogP contribution < -0.4 is 10.2 Å². The average molecular weight is 335 g/mol. The molecule has 0 aliphatic carbocycles. The van der Waals surface area contributed by atoms with E-state index in [2.05, 4.69) is 5.32 Å². The number of ether oxygens (including phenoxy) is 1. The van der Waals surface area contributed by atoms with Gasteiger partial charge in [0, 0.05) is 50.8 Å². The van der Waals surface area contributed by atoms with Crippen molar-refractivity contribution in [2.24, 2.45) is 0 Å². The fourth-order valence-corrected chi connectivity index (χ4v) is 2.59. The Morgan fingerprint density at radius 2 is 2.10 bits per heavy atom. The highest BCUT2D eigenvalue weighted by molar-refractivity contribution is 7.90. The normalized spacial score (nSPS) is 11.6. The lowest BCUT2D eigenvalue weighted by Gasteiger charge is -2.20. The summed E-state index contributed by atoms with van der Waals surface area (Å²) in [5, 5.41) is 3.90. The third kappa shape index (κ3) is 7.13. The van der Waals surface area contributed by atoms with Gasteiger partial charge in [0.05, 0.1) is 12.4 Å². The molecule has 1 aromatic rings. The first-order chi connectivity index (χ1) is 9.83. The number of hydrogen-bond donors (Lipinski definition) is 1. The van der Waals surface area contributed by atoms with Gasteiger partial charge >= 0.3 is 0 Å². The quantitative estimate of drug-likeness (QED) is 0.694. The minimum atomic E-state index is -2.96. The van der Waals surface area contributed by atoms with Crippen LogP contribution in [0.4, 0.5) is 5.69 Å². The molecule has 0 saturated carbocycles. The molecule has 0 fully saturated rings. The van der Waals surface area contributed by atoms with E-state index < -0.39 is 9.84 Å². The Kier molecular flexibility index (Phi) is 7.45. The van der Waals surface area contributed by atoms with E-state index in [4.69, 9.17) is 16.3 Å². The molecule has 5 nitrogen and oxygen atoms in total. The van der Waals surface area contributed by atoms with E-state index in [-0.39, 0.29) is 5.75 Å². The van der Waals surface area contributed by atoms with E-state index in [0.717, 1.165) is 17.8 Å². The Labute approximate surface area is 132 Å². The molecule has 0 spiro atoms. The number of halogens is 1. The fraction of sp³-hybridized carbons (Fsp3) is 0.571. The van der Waals surface area contributed by atoms with Crippen molar-refractivity contribution in [3.05, 3.63) is 28.8 Å². The Bertz CT molecular complexity index is 549. The summed E-state index contributed by atoms with van der Waals surface area (Å²) >= 11 is 6.26. The molecule has 0 bridgehead atoms. The zero-order chi connectivity index (χ0) is 15.9. The van der Waals surface area contributed by atoms with Crippen LogP contribution in [0.2, 0.25) is 5.02 Å². The van der Waals surface area contributed by atoms with Crippen molar-refractivity contribution in [1.29, 1.82) is 0 Å². The van der Waals surface area contributed by atoms with E-state index in [1.807, 2.05) is 30.1 Å². The molecule has 1 rings (SSSR count). The lowest BCUT2D eigenvalue weighted by Crippen LogP contribution is -2.25. The number of methoxy groups -OCH3 is 1. The Hall–Kier alpha value is -0.820. The summed E-state index contributed by atoms with van der Waals surface area (Å²) in [6.07, 6.45) is 1.24. The maximum atomic E-state index is 11.2. The zero-order valence-corrected chi connectivity index (χ0v) is 14.3. The monoisotopic (exact) mass is 334 g/mol. The summed E-state index contributed by atoms with van der Waals surface area (Å²) in [7, 11) is 0.558. The summed E-state index contributed by atoms with van der Waals surface area (Å²) in [6, 6.07) is 5.76. The van der Waals surface area contributed by atoms with Crippen molar-refractivity contribution >= 4 is 27.1 Å². The molecule has 0 atom stereocenters. The predicted molar refractivity (Wildman–Crippen MR) is 88.0 cm³/mol. The maximum absolute atomic E-state index is 11.2. The van der Waals surface area contributed by atoms with Gasteiger partial charge in [-0.25, -0.2) is 8.42 Å². The number of nitrogens with one attached hydrogen (secondary N) is 1. The maximum Gasteiger partial charge on any atom is 0.149 e. The summed E-state index contributed by atoms with van der Waals surface area (Å²) in [4.78, 5) is 1.88. The lowest BCUT2D eigenvalue weighted by atomic mass is 10.2. The molecule has 0 aromatic heterocycles. The molecule has 1 aromatic carbocycles. The molecule has 0 amide bonds. The van der Waals surface area contributed by atoms with Crippen molar-refractivity contribution in [1.82, 2.24) is 5.32 Å². The van der Waals surface area contributed by atoms with Gasteiger partial charge < -0.3 is 15.0 Å². The molecule has 0 unspecified atom stereocenters. The number of benzene rings is 1. The number of hydrogen-bond acceptors (Lipinski definition) is 5. The first kappa shape index (κ1) is 18.2. The smallest absolute Gasteiger partial charge is 0.149 e. The van der Waals surface area contributed by atoms with Gasteiger partial charge in [0.15, 0.2) is 0 Å². The molecule has 0 aliphatic rings. The van der Waals surface area contributed by atoms with Crippen LogP contribution in [-0.2, 0) is 21.1 Å². The van der Waals surface area contributed by atoms with Crippen LogP contribution in [0.1, 0.15) is 5.56 Å². The fourth-order valence-electron chi connectivity index (χ4n) is 1.75. The molecule has 0 aliphatic heterocycles. The van der Waals surface area contributed by atoms with E-state index in [1.165, 1.54) is 6.26 Å². The summed E-state index contributed by atoms with van der Waals surface area (Å²) in [5.74, 6) is 0.126. The van der Waals surface area contributed by atoms with Crippen LogP contribution in [0.3, 0.4) is 0 Å². The highest BCUT2D eigenvalue weighted by Gasteiger charge is 2.08. The van der Waals surface area contributed by atoms with Gasteiger partial charge in [-0.15, -0.1) is 0 Å². The van der Waals surface area contributed by atoms with E-state index in [9.17, 15) is 8.42 Å². The van der Waals surface area contributed by atoms with E-state index in [0.29, 0.717) is 24.7 Å². The molecule has 21 heavy (non-hydrogen) atoms. The highest BCUT2D eigenvalue weighted by atomic mass is 35.5. The predicted octanol–water partition coefficient (Wildman–Crippen LogP) is 1.56. The zero-order valence-electron chi connectivity index (χ0n) is 12.7. The molecule has 0 saturated heterocycles. The standard InChI is InChI=1S/C14H23ClN2O3S/c1-17(7-9-21(3,18)19)13-5-4-12(14(15)10-13)11-16-6-8-20-2/h4-5,10,16H,6-9,11H2,1-3H3. The summed E-state index contributed by atoms with van der Waals surface area (Å²) in [6.45, 7) is 2.54. The summed E-state index contributed by atoms with van der Waals surface area (Å²) in [5.41, 5.74) is 1.91. The SMILES string of the molecule is COCCNCc1ccc(N(C)CCS(C)(=O)=O)cc1Cl. The number of anilines is 1. The Morgan fingerprint density at radius 1 is 1.38 bits per heavy atom. The van der Waals surface area contributed by atoms with Gasteiger partial charge in [0.25, 0.3) is 0 Å². The highest BCUT2D eigenvalue weighted by Crippen LogP contribution is 2.23. The molecular weight excluding hydrogens is 312 g/mol. The van der Waals surface area contributed by atoms with Gasteiger partial charge in [0.1, 0.15) is 9.84 Å². The van der Waals surface area contributed by atoms with Crippen molar-refractivity contribution in [3.63, 3.8) is 0 Å². The topological polar surface area (TPSA) is 58.6 Å². The van der Waals surface area contributed by atoms with E-state index >= 15 is 0 Å². The van der Waals surface area contributed by atoms with Crippen LogP contribution in [0.15, 0.2) is 18.2 Å². The Balaban J connectivity index is 2.60. The van der Waals surface area contributed by atoms with Gasteiger partial charge in [-0.1, -0.05) is 17.7 Å². The third-order valence-electron chi connectivity index (χ3n) is 3.07. The van der Waals surface area contributed by atoms with Crippen molar-refractivity contribution in [3.8, 4) is 0 Å². The molecule has 120 valence electrons. The first-order valence-electron chi connectivity index (χ1n) is 6.70. The Morgan fingerprint density at radius 3 is 2.67 bits per heavy atom. The van der Waals surface area contributed by atoms with Crippen molar-refractivity contribution in [2.45, 2.75) is 6.54 Å². The van der Waals surface area contributed by atoms with Crippen LogP contribution in [0, 0.1) is 0 Å². The largest absolute Gasteiger partial charge is 0.383 e. The van der Waals surface area contributed by atoms with E-state index in [1.54, 1.807) is 7.11 Å². The van der Waals surface area contributed by atoms with Gasteiger partial charge in [-0.05, 0) is 17.7 Å². The number of nitrogens with zero attached hydrogens (tertiary/aromatic N) is 1.